The van der Waals surface area contributed by atoms with Crippen molar-refractivity contribution in [2.75, 3.05) is 0 Å². The van der Waals surface area contributed by atoms with Gasteiger partial charge in [-0.15, -0.1) is 0 Å². The van der Waals surface area contributed by atoms with Crippen molar-refractivity contribution in [3.8, 4) is 0 Å². The number of hydrogen-bond acceptors (Lipinski definition) is 0. The first kappa shape index (κ1) is 34.4. The fourth-order valence-electron chi connectivity index (χ4n) is 0. The summed E-state index contributed by atoms with van der Waals surface area (Å²) in [4.78, 5) is 0. The van der Waals surface area contributed by atoms with Gasteiger partial charge in [0.15, 0.2) is 0 Å². The van der Waals surface area contributed by atoms with E-state index in [1.54, 1.807) is 0 Å². The van der Waals surface area contributed by atoms with Crippen LogP contribution < -0.4 is 0 Å². The molecule has 0 aliphatic rings. The van der Waals surface area contributed by atoms with E-state index in [1.165, 1.54) is 0 Å². The van der Waals surface area contributed by atoms with Crippen LogP contribution in [0.25, 0.3) is 0 Å². The maximum Gasteiger partial charge on any atom is 0 e. The third kappa shape index (κ3) is 8.88. The van der Waals surface area contributed by atoms with Crippen molar-refractivity contribution in [3.05, 3.63) is 0 Å². The molecule has 0 aliphatic heterocycles. The van der Waals surface area contributed by atoms with E-state index in [-0.39, 0.29) is 71.6 Å². The molecule has 0 amide bonds. The smallest absolute Gasteiger partial charge is 0 e. The Bertz CT molecular complexity index is 8.00. The fraction of sp³-hybridized carbons (Fsp3) is 0. The molecule has 0 aromatic carbocycles. The Morgan fingerprint density at radius 3 is 1.00 bits per heavy atom. The van der Waals surface area contributed by atoms with Gasteiger partial charge in [0.05, 0.1) is 0 Å². The summed E-state index contributed by atoms with van der Waals surface area (Å²) in [5, 5.41) is 0. The van der Waals surface area contributed by atoms with Crippen LogP contribution in [0.3, 0.4) is 0 Å². The van der Waals surface area contributed by atoms with Gasteiger partial charge in [0.25, 0.3) is 0 Å². The zero-order chi connectivity index (χ0) is 0. The van der Waals surface area contributed by atoms with E-state index in [4.69, 9.17) is 0 Å². The molecule has 0 rings (SSSR count). The van der Waals surface area contributed by atoms with Gasteiger partial charge >= 0.3 is 0 Å². The molecule has 0 spiro atoms. The van der Waals surface area contributed by atoms with Crippen LogP contribution in [0.1, 0.15) is 0 Å². The Kier molecular flexibility index (Phi) is 162. The summed E-state index contributed by atoms with van der Waals surface area (Å²) in [5.74, 6) is 0. The van der Waals surface area contributed by atoms with Gasteiger partial charge in [-0.2, -0.15) is 0 Å². The molecule has 0 unspecified atom stereocenters. The Hall–Kier alpha value is 2.22. The monoisotopic (exact) mass is 188 g/mol. The topological polar surface area (TPSA) is 0 Å². The van der Waals surface area contributed by atoms with E-state index in [0.717, 1.165) is 0 Å². The van der Waals surface area contributed by atoms with Gasteiger partial charge in [0.2, 0.25) is 0 Å². The van der Waals surface area contributed by atoms with Gasteiger partial charge in [-0.3, -0.25) is 0 Å². The molecule has 0 bridgehead atoms. The minimum atomic E-state index is 0. The SMILES string of the molecule is [Co].[Li].[Ni].[Zn]. The van der Waals surface area contributed by atoms with Crippen molar-refractivity contribution in [1.29, 1.82) is 0 Å². The second kappa shape index (κ2) is 18.9. The second-order valence-electron chi connectivity index (χ2n) is 0. The summed E-state index contributed by atoms with van der Waals surface area (Å²) in [5.41, 5.74) is 0. The Labute approximate surface area is 70.9 Å². The van der Waals surface area contributed by atoms with Crippen molar-refractivity contribution in [3.63, 3.8) is 0 Å². The predicted molar refractivity (Wildman–Crippen MR) is 5.75 cm³/mol. The summed E-state index contributed by atoms with van der Waals surface area (Å²) in [6.07, 6.45) is 0. The maximum absolute atomic E-state index is 0. The van der Waals surface area contributed by atoms with Crippen LogP contribution in [0.2, 0.25) is 0 Å². The summed E-state index contributed by atoms with van der Waals surface area (Å²) < 4.78 is 0. The van der Waals surface area contributed by atoms with Gasteiger partial charge < -0.3 is 0 Å². The number of rotatable bonds is 0. The third-order valence-electron chi connectivity index (χ3n) is 0. The molecule has 0 aromatic rings. The largest absolute Gasteiger partial charge is 0 e. The predicted octanol–water partition coefficient (Wildman–Crippen LogP) is -0.388. The van der Waals surface area contributed by atoms with E-state index in [2.05, 4.69) is 0 Å². The van der Waals surface area contributed by atoms with Crippen molar-refractivity contribution >= 4 is 18.9 Å². The van der Waals surface area contributed by atoms with Crippen molar-refractivity contribution in [2.24, 2.45) is 0 Å². The summed E-state index contributed by atoms with van der Waals surface area (Å²) >= 11 is 0. The first-order valence-electron chi connectivity index (χ1n) is 0. The summed E-state index contributed by atoms with van der Waals surface area (Å²) in [7, 11) is 0. The molecule has 4 heavy (non-hydrogen) atoms. The molecule has 0 atom stereocenters. The van der Waals surface area contributed by atoms with Crippen molar-refractivity contribution in [1.82, 2.24) is 0 Å². The quantitative estimate of drug-likeness (QED) is 0.456. The molecule has 0 heterocycles. The van der Waals surface area contributed by atoms with Crippen LogP contribution in [0.15, 0.2) is 0 Å². The van der Waals surface area contributed by atoms with Crippen LogP contribution in [0.5, 0.6) is 0 Å². The molecule has 0 saturated heterocycles. The first-order valence-corrected chi connectivity index (χ1v) is 0. The van der Waals surface area contributed by atoms with Crippen molar-refractivity contribution < 1.29 is 52.7 Å². The molecule has 2 radical (unpaired) electrons. The summed E-state index contributed by atoms with van der Waals surface area (Å²) in [6, 6.07) is 0. The average molecular weight is 190 g/mol. The second-order valence-corrected chi connectivity index (χ2v) is 0. The zero-order valence-electron chi connectivity index (χ0n) is 2.36. The Morgan fingerprint density at radius 1 is 1.00 bits per heavy atom. The van der Waals surface area contributed by atoms with E-state index < -0.39 is 0 Å². The average Bonchev–Trinajstić information content (AvgIpc) is 0. The summed E-state index contributed by atoms with van der Waals surface area (Å²) in [6.45, 7) is 0. The van der Waals surface area contributed by atoms with Crippen LogP contribution in [-0.2, 0) is 52.7 Å². The zero-order valence-corrected chi connectivity index (χ0v) is 7.35. The molecule has 4 heteroatoms. The molecular formula is CoLiNiZn. The van der Waals surface area contributed by atoms with Crippen LogP contribution in [0, 0.1) is 0 Å². The number of hydrogen-bond donors (Lipinski definition) is 0. The van der Waals surface area contributed by atoms with E-state index in [1.807, 2.05) is 0 Å². The van der Waals surface area contributed by atoms with E-state index >= 15 is 0 Å². The molecule has 0 fully saturated rings. The molecule has 0 N–H and O–H groups in total. The minimum Gasteiger partial charge on any atom is 0 e. The van der Waals surface area contributed by atoms with Crippen LogP contribution in [-0.4, -0.2) is 18.9 Å². The third-order valence-corrected chi connectivity index (χ3v) is 0. The van der Waals surface area contributed by atoms with Crippen LogP contribution >= 0.6 is 0 Å². The molecule has 0 saturated carbocycles. The molecule has 0 aromatic heterocycles. The molecule has 0 nitrogen and oxygen atoms in total. The minimum absolute atomic E-state index is 0. The van der Waals surface area contributed by atoms with Crippen LogP contribution in [0.4, 0.5) is 0 Å². The van der Waals surface area contributed by atoms with Gasteiger partial charge in [-0.25, -0.2) is 0 Å². The normalized spacial score (nSPS) is 0. The Balaban J connectivity index is 0. The standard InChI is InChI=1S/Co.Li.Ni.Zn. The van der Waals surface area contributed by atoms with E-state index in [9.17, 15) is 0 Å². The van der Waals surface area contributed by atoms with Gasteiger partial charge in [0, 0.05) is 71.6 Å². The van der Waals surface area contributed by atoms with Gasteiger partial charge in [-0.1, -0.05) is 0 Å². The van der Waals surface area contributed by atoms with E-state index in [0.29, 0.717) is 0 Å². The van der Waals surface area contributed by atoms with Crippen molar-refractivity contribution in [2.45, 2.75) is 0 Å². The molecular weight excluding hydrogens is 190 g/mol. The Morgan fingerprint density at radius 2 is 1.00 bits per heavy atom. The molecule has 22 valence electrons. The fourth-order valence-corrected chi connectivity index (χ4v) is 0. The maximum atomic E-state index is 0. The van der Waals surface area contributed by atoms with Gasteiger partial charge in [-0.05, 0) is 0 Å². The molecule has 0 aliphatic carbocycles. The first-order chi connectivity index (χ1) is 0. The van der Waals surface area contributed by atoms with Gasteiger partial charge in [0.1, 0.15) is 0 Å².